The van der Waals surface area contributed by atoms with Crippen LogP contribution in [0, 0.1) is 35.5 Å². The lowest BCUT2D eigenvalue weighted by atomic mass is 9.61. The lowest BCUT2D eigenvalue weighted by molar-refractivity contribution is -0.0944. The van der Waals surface area contributed by atoms with Crippen LogP contribution in [-0.4, -0.2) is 21.9 Å². The smallest absolute Gasteiger partial charge is 0.0678 e. The molecule has 2 heteroatoms. The molecule has 0 aromatic rings. The van der Waals surface area contributed by atoms with Gasteiger partial charge in [-0.15, -0.1) is 0 Å². The minimum atomic E-state index is -0.438. The highest BCUT2D eigenvalue weighted by Crippen LogP contribution is 2.63. The Kier molecular flexibility index (Phi) is 3.02. The zero-order valence-electron chi connectivity index (χ0n) is 12.0. The molecule has 0 amide bonds. The van der Waals surface area contributed by atoms with Gasteiger partial charge in [-0.25, -0.2) is 0 Å². The van der Waals surface area contributed by atoms with E-state index >= 15 is 0 Å². The first kappa shape index (κ1) is 12.9. The molecule has 0 aromatic carbocycles. The number of aliphatic hydroxyl groups is 2. The van der Waals surface area contributed by atoms with Gasteiger partial charge in [-0.1, -0.05) is 20.3 Å². The quantitative estimate of drug-likeness (QED) is 0.696. The van der Waals surface area contributed by atoms with E-state index in [1.165, 1.54) is 19.3 Å². The van der Waals surface area contributed by atoms with E-state index in [4.69, 9.17) is 0 Å². The van der Waals surface area contributed by atoms with Crippen molar-refractivity contribution >= 4 is 0 Å². The third-order valence-corrected chi connectivity index (χ3v) is 6.59. The summed E-state index contributed by atoms with van der Waals surface area (Å²) in [6.07, 6.45) is 5.59. The Bertz CT molecular complexity index is 325. The first-order chi connectivity index (χ1) is 8.43. The van der Waals surface area contributed by atoms with Crippen LogP contribution in [0.5, 0.6) is 0 Å². The zero-order chi connectivity index (χ0) is 13.1. The Labute approximate surface area is 111 Å². The van der Waals surface area contributed by atoms with Gasteiger partial charge in [0.05, 0.1) is 11.7 Å². The van der Waals surface area contributed by atoms with Crippen molar-refractivity contribution in [2.45, 2.75) is 64.6 Å². The highest BCUT2D eigenvalue weighted by Gasteiger charge is 2.62. The van der Waals surface area contributed by atoms with Gasteiger partial charge >= 0.3 is 0 Å². The first-order valence-corrected chi connectivity index (χ1v) is 7.83. The predicted octanol–water partition coefficient (Wildman–Crippen LogP) is 2.83. The van der Waals surface area contributed by atoms with E-state index in [1.807, 2.05) is 0 Å². The van der Waals surface area contributed by atoms with Crippen molar-refractivity contribution in [2.24, 2.45) is 35.5 Å². The number of rotatable bonds is 0. The summed E-state index contributed by atoms with van der Waals surface area (Å²) in [6.45, 7) is 6.53. The van der Waals surface area contributed by atoms with Gasteiger partial charge < -0.3 is 10.2 Å². The molecule has 3 aliphatic rings. The van der Waals surface area contributed by atoms with E-state index in [1.54, 1.807) is 0 Å². The van der Waals surface area contributed by atoms with Crippen molar-refractivity contribution in [1.29, 1.82) is 0 Å². The van der Waals surface area contributed by atoms with E-state index < -0.39 is 5.60 Å². The lowest BCUT2D eigenvalue weighted by Gasteiger charge is -2.47. The molecule has 3 aliphatic carbocycles. The Morgan fingerprint density at radius 1 is 1.00 bits per heavy atom. The van der Waals surface area contributed by atoms with Crippen LogP contribution in [-0.2, 0) is 0 Å². The Balaban J connectivity index is 1.83. The summed E-state index contributed by atoms with van der Waals surface area (Å²) < 4.78 is 0. The topological polar surface area (TPSA) is 40.5 Å². The second-order valence-corrected chi connectivity index (χ2v) is 7.56. The molecule has 2 nitrogen and oxygen atoms in total. The molecule has 104 valence electrons. The molecule has 0 aromatic heterocycles. The van der Waals surface area contributed by atoms with Crippen molar-refractivity contribution in [3.63, 3.8) is 0 Å². The fourth-order valence-corrected chi connectivity index (χ4v) is 5.07. The third-order valence-electron chi connectivity index (χ3n) is 6.59. The largest absolute Gasteiger partial charge is 0.393 e. The summed E-state index contributed by atoms with van der Waals surface area (Å²) in [5.74, 6) is 3.59. The van der Waals surface area contributed by atoms with Crippen LogP contribution in [0.3, 0.4) is 0 Å². The molecule has 3 rings (SSSR count). The minimum absolute atomic E-state index is 0.0964. The average Bonchev–Trinajstić information content (AvgIpc) is 3.08. The van der Waals surface area contributed by atoms with E-state index in [2.05, 4.69) is 20.8 Å². The number of fused-ring (bicyclic) bond motifs is 3. The molecule has 0 aliphatic heterocycles. The van der Waals surface area contributed by atoms with Gasteiger partial charge in [-0.3, -0.25) is 0 Å². The maximum absolute atomic E-state index is 10.7. The lowest BCUT2D eigenvalue weighted by Crippen LogP contribution is -2.48. The van der Waals surface area contributed by atoms with Crippen LogP contribution in [0.25, 0.3) is 0 Å². The first-order valence-electron chi connectivity index (χ1n) is 7.83. The maximum atomic E-state index is 10.7. The van der Waals surface area contributed by atoms with Gasteiger partial charge in [-0.05, 0) is 68.1 Å². The Hall–Kier alpha value is -0.0800. The molecule has 3 fully saturated rings. The van der Waals surface area contributed by atoms with E-state index in [9.17, 15) is 10.2 Å². The number of hydrogen-bond donors (Lipinski definition) is 2. The summed E-state index contributed by atoms with van der Waals surface area (Å²) >= 11 is 0. The standard InChI is InChI=1S/C16H28O2/c1-9-7-12-11(5-4-6-15(9)17)10(2)16(3,18)14-8-13(12)14/h9-15,17-18H,4-8H2,1-3H3/t9?,10?,11?,12?,13?,14?,15?,16-/m1/s1. The number of aliphatic hydroxyl groups excluding tert-OH is 1. The third kappa shape index (κ3) is 1.84. The molecule has 0 heterocycles. The van der Waals surface area contributed by atoms with Crippen LogP contribution in [0.2, 0.25) is 0 Å². The summed E-state index contributed by atoms with van der Waals surface area (Å²) in [7, 11) is 0. The molecule has 0 radical (unpaired) electrons. The van der Waals surface area contributed by atoms with Crippen LogP contribution >= 0.6 is 0 Å². The normalized spacial score (nSPS) is 60.2. The fraction of sp³-hybridized carbons (Fsp3) is 1.00. The van der Waals surface area contributed by atoms with Gasteiger partial charge in [-0.2, -0.15) is 0 Å². The summed E-state index contributed by atoms with van der Waals surface area (Å²) in [5, 5.41) is 20.8. The maximum Gasteiger partial charge on any atom is 0.0678 e. The summed E-state index contributed by atoms with van der Waals surface area (Å²) in [5.41, 5.74) is -0.438. The van der Waals surface area contributed by atoms with Gasteiger partial charge in [0.25, 0.3) is 0 Å². The second-order valence-electron chi connectivity index (χ2n) is 7.56. The van der Waals surface area contributed by atoms with Crippen LogP contribution < -0.4 is 0 Å². The van der Waals surface area contributed by atoms with Gasteiger partial charge in [0.1, 0.15) is 0 Å². The average molecular weight is 252 g/mol. The van der Waals surface area contributed by atoms with Crippen LogP contribution in [0.4, 0.5) is 0 Å². The molecule has 0 bridgehead atoms. The SMILES string of the molecule is CC1CC2C(CCCC1O)C(C)[C@@](C)(O)C1CC21. The highest BCUT2D eigenvalue weighted by atomic mass is 16.3. The Morgan fingerprint density at radius 3 is 2.44 bits per heavy atom. The van der Waals surface area contributed by atoms with Gasteiger partial charge in [0, 0.05) is 0 Å². The van der Waals surface area contributed by atoms with Crippen molar-refractivity contribution in [3.8, 4) is 0 Å². The van der Waals surface area contributed by atoms with Crippen molar-refractivity contribution in [1.82, 2.24) is 0 Å². The second kappa shape index (κ2) is 4.21. The molecular formula is C16H28O2. The molecule has 7 unspecified atom stereocenters. The summed E-state index contributed by atoms with van der Waals surface area (Å²) in [4.78, 5) is 0. The minimum Gasteiger partial charge on any atom is -0.393 e. The molecule has 3 saturated carbocycles. The zero-order valence-corrected chi connectivity index (χ0v) is 12.0. The van der Waals surface area contributed by atoms with Crippen molar-refractivity contribution < 1.29 is 10.2 Å². The van der Waals surface area contributed by atoms with Gasteiger partial charge in [0.15, 0.2) is 0 Å². The monoisotopic (exact) mass is 252 g/mol. The van der Waals surface area contributed by atoms with Crippen LogP contribution in [0.15, 0.2) is 0 Å². The van der Waals surface area contributed by atoms with E-state index in [-0.39, 0.29) is 6.10 Å². The molecule has 8 atom stereocenters. The molecule has 0 saturated heterocycles. The van der Waals surface area contributed by atoms with Crippen LogP contribution in [0.1, 0.15) is 52.9 Å². The molecular weight excluding hydrogens is 224 g/mol. The van der Waals surface area contributed by atoms with Crippen molar-refractivity contribution in [3.05, 3.63) is 0 Å². The molecule has 18 heavy (non-hydrogen) atoms. The fourth-order valence-electron chi connectivity index (χ4n) is 5.07. The Morgan fingerprint density at radius 2 is 1.72 bits per heavy atom. The summed E-state index contributed by atoms with van der Waals surface area (Å²) in [6, 6.07) is 0. The van der Waals surface area contributed by atoms with Crippen molar-refractivity contribution in [2.75, 3.05) is 0 Å². The van der Waals surface area contributed by atoms with Gasteiger partial charge in [0.2, 0.25) is 0 Å². The predicted molar refractivity (Wildman–Crippen MR) is 72.0 cm³/mol. The molecule has 2 N–H and O–H groups in total. The molecule has 0 spiro atoms. The van der Waals surface area contributed by atoms with E-state index in [0.29, 0.717) is 23.7 Å². The highest BCUT2D eigenvalue weighted by molar-refractivity contribution is 5.11. The number of hydrogen-bond acceptors (Lipinski definition) is 2. The van der Waals surface area contributed by atoms with E-state index in [0.717, 1.165) is 24.7 Å².